The maximum Gasteiger partial charge on any atom is 0.234 e. The van der Waals surface area contributed by atoms with Crippen LogP contribution in [0.4, 0.5) is 5.88 Å². The van der Waals surface area contributed by atoms with E-state index in [1.165, 1.54) is 0 Å². The van der Waals surface area contributed by atoms with Gasteiger partial charge in [-0.25, -0.2) is 0 Å². The van der Waals surface area contributed by atoms with Gasteiger partial charge in [-0.1, -0.05) is 25.1 Å². The van der Waals surface area contributed by atoms with Crippen LogP contribution < -0.4 is 4.90 Å². The first-order chi connectivity index (χ1) is 7.61. The fraction of sp³-hybridized carbons (Fsp3) is 0.500. The molecule has 1 fully saturated rings. The number of amides is 1. The molecule has 1 unspecified atom stereocenters. The van der Waals surface area contributed by atoms with E-state index < -0.39 is 0 Å². The molecule has 86 valence electrons. The topological polar surface area (TPSA) is 46.3 Å². The van der Waals surface area contributed by atoms with Crippen molar-refractivity contribution in [2.45, 2.75) is 26.2 Å². The van der Waals surface area contributed by atoms with Crippen molar-refractivity contribution in [2.24, 2.45) is 5.92 Å². The first kappa shape index (κ1) is 10.9. The normalized spacial score (nSPS) is 20.8. The molecule has 1 aromatic rings. The van der Waals surface area contributed by atoms with Crippen molar-refractivity contribution in [3.8, 4) is 0 Å². The second-order valence-corrected chi connectivity index (χ2v) is 4.45. The van der Waals surface area contributed by atoms with E-state index in [0.29, 0.717) is 24.8 Å². The van der Waals surface area contributed by atoms with Crippen molar-refractivity contribution in [1.29, 1.82) is 0 Å². The van der Waals surface area contributed by atoms with Gasteiger partial charge in [-0.3, -0.25) is 9.69 Å². The fourth-order valence-corrected chi connectivity index (χ4v) is 1.78. The smallest absolute Gasteiger partial charge is 0.234 e. The molecule has 1 aromatic heterocycles. The molecule has 2 heterocycles. The van der Waals surface area contributed by atoms with Crippen molar-refractivity contribution in [1.82, 2.24) is 5.16 Å². The van der Waals surface area contributed by atoms with Gasteiger partial charge in [-0.2, -0.15) is 0 Å². The summed E-state index contributed by atoms with van der Waals surface area (Å²) in [6.45, 7) is 8.44. The van der Waals surface area contributed by atoms with Gasteiger partial charge >= 0.3 is 0 Å². The molecule has 0 radical (unpaired) electrons. The Labute approximate surface area is 94.9 Å². The molecule has 0 N–H and O–H groups in total. The third kappa shape index (κ3) is 1.87. The van der Waals surface area contributed by atoms with E-state index in [4.69, 9.17) is 4.52 Å². The Morgan fingerprint density at radius 2 is 2.44 bits per heavy atom. The van der Waals surface area contributed by atoms with Gasteiger partial charge in [0, 0.05) is 24.9 Å². The summed E-state index contributed by atoms with van der Waals surface area (Å²) >= 11 is 0. The zero-order valence-electron chi connectivity index (χ0n) is 9.64. The summed E-state index contributed by atoms with van der Waals surface area (Å²) < 4.78 is 5.19. The van der Waals surface area contributed by atoms with E-state index in [2.05, 4.69) is 11.7 Å². The average molecular weight is 220 g/mol. The first-order valence-electron chi connectivity index (χ1n) is 5.51. The molecule has 4 heteroatoms. The van der Waals surface area contributed by atoms with Gasteiger partial charge in [0.05, 0.1) is 5.69 Å². The van der Waals surface area contributed by atoms with Crippen molar-refractivity contribution < 1.29 is 9.32 Å². The standard InChI is InChI=1S/C12H16N2O2/c1-4-9-5-11(15)14(7-9)12-6-10(8(2)3)13-16-12/h4,6,8-9H,1,5,7H2,2-3H3. The predicted octanol–water partition coefficient (Wildman–Crippen LogP) is 2.34. The lowest BCUT2D eigenvalue weighted by molar-refractivity contribution is -0.117. The Kier molecular flexibility index (Phi) is 2.81. The largest absolute Gasteiger partial charge is 0.338 e. The summed E-state index contributed by atoms with van der Waals surface area (Å²) in [6.07, 6.45) is 2.33. The third-order valence-electron chi connectivity index (χ3n) is 2.86. The molecule has 0 spiro atoms. The molecule has 0 aromatic carbocycles. The molecule has 16 heavy (non-hydrogen) atoms. The van der Waals surface area contributed by atoms with Crippen molar-refractivity contribution in [3.63, 3.8) is 0 Å². The molecule has 1 amide bonds. The number of anilines is 1. The van der Waals surface area contributed by atoms with Gasteiger partial charge in [-0.15, -0.1) is 6.58 Å². The lowest BCUT2D eigenvalue weighted by Gasteiger charge is -2.10. The summed E-state index contributed by atoms with van der Waals surface area (Å²) in [5, 5.41) is 3.95. The number of hydrogen-bond acceptors (Lipinski definition) is 3. The Balaban J connectivity index is 2.18. The number of carbonyl (C=O) groups excluding carboxylic acids is 1. The quantitative estimate of drug-likeness (QED) is 0.734. The molecule has 0 aliphatic carbocycles. The van der Waals surface area contributed by atoms with Gasteiger partial charge in [0.15, 0.2) is 0 Å². The minimum Gasteiger partial charge on any atom is -0.338 e. The van der Waals surface area contributed by atoms with E-state index in [1.807, 2.05) is 26.0 Å². The predicted molar refractivity (Wildman–Crippen MR) is 61.2 cm³/mol. The molecule has 4 nitrogen and oxygen atoms in total. The van der Waals surface area contributed by atoms with E-state index in [0.717, 1.165) is 5.69 Å². The summed E-state index contributed by atoms with van der Waals surface area (Å²) in [6, 6.07) is 1.84. The molecular weight excluding hydrogens is 204 g/mol. The average Bonchev–Trinajstić information content (AvgIpc) is 2.83. The van der Waals surface area contributed by atoms with Crippen molar-refractivity contribution >= 4 is 11.8 Å². The van der Waals surface area contributed by atoms with Crippen LogP contribution in [0, 0.1) is 5.92 Å². The van der Waals surface area contributed by atoms with E-state index in [9.17, 15) is 4.79 Å². The molecular formula is C12H16N2O2. The van der Waals surface area contributed by atoms with E-state index in [1.54, 1.807) is 4.90 Å². The molecule has 0 bridgehead atoms. The zero-order valence-corrected chi connectivity index (χ0v) is 9.64. The van der Waals surface area contributed by atoms with Crippen LogP contribution in [0.5, 0.6) is 0 Å². The zero-order chi connectivity index (χ0) is 11.7. The minimum absolute atomic E-state index is 0.0800. The number of hydrogen-bond donors (Lipinski definition) is 0. The summed E-state index contributed by atoms with van der Waals surface area (Å²) in [5.41, 5.74) is 0.879. The highest BCUT2D eigenvalue weighted by Gasteiger charge is 2.31. The molecule has 1 saturated heterocycles. The van der Waals surface area contributed by atoms with Crippen LogP contribution >= 0.6 is 0 Å². The third-order valence-corrected chi connectivity index (χ3v) is 2.86. The van der Waals surface area contributed by atoms with Gasteiger partial charge in [0.2, 0.25) is 11.8 Å². The van der Waals surface area contributed by atoms with Crippen LogP contribution in [0.3, 0.4) is 0 Å². The molecule has 0 saturated carbocycles. The van der Waals surface area contributed by atoms with Gasteiger partial charge in [-0.05, 0) is 5.92 Å². The van der Waals surface area contributed by atoms with Crippen LogP contribution in [0.1, 0.15) is 31.9 Å². The van der Waals surface area contributed by atoms with Crippen LogP contribution in [-0.4, -0.2) is 17.6 Å². The Bertz CT molecular complexity index is 409. The van der Waals surface area contributed by atoms with Crippen molar-refractivity contribution in [2.75, 3.05) is 11.4 Å². The van der Waals surface area contributed by atoms with Gasteiger partial charge < -0.3 is 4.52 Å². The summed E-state index contributed by atoms with van der Waals surface area (Å²) in [5.74, 6) is 1.17. The van der Waals surface area contributed by atoms with Gasteiger partial charge in [0.1, 0.15) is 0 Å². The molecule has 1 aliphatic heterocycles. The Hall–Kier alpha value is -1.58. The van der Waals surface area contributed by atoms with E-state index in [-0.39, 0.29) is 11.8 Å². The number of carbonyl (C=O) groups is 1. The number of aromatic nitrogens is 1. The highest BCUT2D eigenvalue weighted by molar-refractivity contribution is 5.94. The number of rotatable bonds is 3. The molecule has 2 rings (SSSR count). The van der Waals surface area contributed by atoms with Gasteiger partial charge in [0.25, 0.3) is 0 Å². The maximum atomic E-state index is 11.7. The number of nitrogens with zero attached hydrogens (tertiary/aromatic N) is 2. The van der Waals surface area contributed by atoms with Crippen LogP contribution in [0.2, 0.25) is 0 Å². The van der Waals surface area contributed by atoms with E-state index >= 15 is 0 Å². The second-order valence-electron chi connectivity index (χ2n) is 4.45. The lowest BCUT2D eigenvalue weighted by Crippen LogP contribution is -2.23. The Morgan fingerprint density at radius 1 is 1.69 bits per heavy atom. The molecule has 1 atom stereocenters. The van der Waals surface area contributed by atoms with Crippen LogP contribution in [0.15, 0.2) is 23.2 Å². The highest BCUT2D eigenvalue weighted by Crippen LogP contribution is 2.27. The second kappa shape index (κ2) is 4.12. The minimum atomic E-state index is 0.0800. The monoisotopic (exact) mass is 220 g/mol. The summed E-state index contributed by atoms with van der Waals surface area (Å²) in [4.78, 5) is 13.4. The Morgan fingerprint density at radius 3 is 2.94 bits per heavy atom. The van der Waals surface area contributed by atoms with Crippen LogP contribution in [0.25, 0.3) is 0 Å². The first-order valence-corrected chi connectivity index (χ1v) is 5.51. The van der Waals surface area contributed by atoms with Crippen molar-refractivity contribution in [3.05, 3.63) is 24.4 Å². The fourth-order valence-electron chi connectivity index (χ4n) is 1.78. The SMILES string of the molecule is C=CC1CC(=O)N(c2cc(C(C)C)no2)C1. The summed E-state index contributed by atoms with van der Waals surface area (Å²) in [7, 11) is 0. The van der Waals surface area contributed by atoms with Crippen LogP contribution in [-0.2, 0) is 4.79 Å². The molecule has 1 aliphatic rings. The highest BCUT2D eigenvalue weighted by atomic mass is 16.5. The maximum absolute atomic E-state index is 11.7. The lowest BCUT2D eigenvalue weighted by atomic mass is 10.1.